The van der Waals surface area contributed by atoms with Gasteiger partial charge in [-0.3, -0.25) is 4.79 Å². The van der Waals surface area contributed by atoms with Crippen molar-refractivity contribution >= 4 is 42.6 Å². The minimum absolute atomic E-state index is 0.0719. The van der Waals surface area contributed by atoms with Crippen LogP contribution in [0.1, 0.15) is 10.6 Å². The summed E-state index contributed by atoms with van der Waals surface area (Å²) >= 11 is 3.45. The maximum absolute atomic E-state index is 13.5. The van der Waals surface area contributed by atoms with Crippen LogP contribution in [0, 0.1) is 0 Å². The number of carbonyl (C=O) groups is 1. The summed E-state index contributed by atoms with van der Waals surface area (Å²) in [5.41, 5.74) is 1.60. The van der Waals surface area contributed by atoms with Gasteiger partial charge < -0.3 is 4.90 Å². The molecule has 0 bridgehead atoms. The quantitative estimate of drug-likeness (QED) is 0.283. The third kappa shape index (κ3) is 4.98. The van der Waals surface area contributed by atoms with Crippen LogP contribution in [0.25, 0.3) is 27.8 Å². The van der Waals surface area contributed by atoms with Gasteiger partial charge in [-0.1, -0.05) is 76.6 Å². The van der Waals surface area contributed by atoms with E-state index < -0.39 is 10.0 Å². The van der Waals surface area contributed by atoms with E-state index in [1.807, 2.05) is 84.9 Å². The zero-order valence-corrected chi connectivity index (χ0v) is 23.2. The van der Waals surface area contributed by atoms with Crippen molar-refractivity contribution in [1.82, 2.24) is 24.0 Å². The first-order chi connectivity index (χ1) is 18.9. The molecule has 0 spiro atoms. The highest BCUT2D eigenvalue weighted by Gasteiger charge is 2.32. The highest BCUT2D eigenvalue weighted by atomic mass is 79.9. The molecule has 1 amide bonds. The number of aromatic nitrogens is 3. The summed E-state index contributed by atoms with van der Waals surface area (Å²) in [5, 5.41) is 6.43. The highest BCUT2D eigenvalue weighted by Crippen LogP contribution is 2.25. The van der Waals surface area contributed by atoms with Crippen molar-refractivity contribution in [1.29, 1.82) is 0 Å². The standard InChI is InChI=1S/C29H24BrN5O3S/c30-24-11-13-25(14-12-24)35-28(22-7-2-1-3-8-22)31-27(32-35)29(36)33-16-18-34(19-17-33)39(37,38)26-15-10-21-6-4-5-9-23(21)20-26/h1-15,20H,16-19H2. The van der Waals surface area contributed by atoms with Crippen LogP contribution in [0.2, 0.25) is 0 Å². The molecular weight excluding hydrogens is 578 g/mol. The van der Waals surface area contributed by atoms with Gasteiger partial charge in [0.15, 0.2) is 5.82 Å². The molecule has 0 unspecified atom stereocenters. The number of piperazine rings is 1. The van der Waals surface area contributed by atoms with E-state index in [-0.39, 0.29) is 42.8 Å². The fourth-order valence-corrected chi connectivity index (χ4v) is 6.41. The summed E-state index contributed by atoms with van der Waals surface area (Å²) in [6.07, 6.45) is 0. The molecule has 39 heavy (non-hydrogen) atoms. The van der Waals surface area contributed by atoms with Crippen LogP contribution in [0.5, 0.6) is 0 Å². The number of hydrogen-bond donors (Lipinski definition) is 0. The van der Waals surface area contributed by atoms with Crippen molar-refractivity contribution in [3.05, 3.63) is 107 Å². The van der Waals surface area contributed by atoms with Gasteiger partial charge in [0, 0.05) is 36.2 Å². The van der Waals surface area contributed by atoms with Gasteiger partial charge in [0.1, 0.15) is 0 Å². The van der Waals surface area contributed by atoms with Crippen molar-refractivity contribution < 1.29 is 13.2 Å². The van der Waals surface area contributed by atoms with Crippen molar-refractivity contribution in [3.63, 3.8) is 0 Å². The second-order valence-corrected chi connectivity index (χ2v) is 12.1. The van der Waals surface area contributed by atoms with E-state index in [9.17, 15) is 13.2 Å². The summed E-state index contributed by atoms with van der Waals surface area (Å²) in [6, 6.07) is 30.0. The van der Waals surface area contributed by atoms with E-state index in [2.05, 4.69) is 26.0 Å². The summed E-state index contributed by atoms with van der Waals surface area (Å²) in [4.78, 5) is 19.9. The molecule has 1 aliphatic heterocycles. The minimum atomic E-state index is -3.69. The molecular formula is C29H24BrN5O3S. The lowest BCUT2D eigenvalue weighted by atomic mass is 10.1. The Kier molecular flexibility index (Phi) is 6.76. The molecule has 0 radical (unpaired) electrons. The van der Waals surface area contributed by atoms with Gasteiger partial charge in [-0.05, 0) is 47.2 Å². The second-order valence-electron chi connectivity index (χ2n) is 9.22. The molecule has 1 saturated heterocycles. The Balaban J connectivity index is 1.23. The van der Waals surface area contributed by atoms with Gasteiger partial charge in [-0.15, -0.1) is 5.10 Å². The fourth-order valence-electron chi connectivity index (χ4n) is 4.69. The number of rotatable bonds is 5. The Bertz CT molecular complexity index is 1760. The summed E-state index contributed by atoms with van der Waals surface area (Å²) in [6.45, 7) is 0.887. The number of halogens is 1. The van der Waals surface area contributed by atoms with E-state index >= 15 is 0 Å². The Hall–Kier alpha value is -3.86. The van der Waals surface area contributed by atoms with Gasteiger partial charge in [-0.25, -0.2) is 18.1 Å². The average Bonchev–Trinajstić information content (AvgIpc) is 3.43. The normalized spacial score (nSPS) is 14.5. The molecule has 1 fully saturated rings. The molecule has 5 aromatic rings. The number of nitrogens with zero attached hydrogens (tertiary/aromatic N) is 5. The van der Waals surface area contributed by atoms with Crippen molar-refractivity contribution in [2.45, 2.75) is 4.90 Å². The summed E-state index contributed by atoms with van der Waals surface area (Å²) < 4.78 is 30.7. The second kappa shape index (κ2) is 10.4. The number of benzene rings is 4. The molecule has 0 N–H and O–H groups in total. The zero-order valence-electron chi connectivity index (χ0n) is 20.8. The maximum Gasteiger partial charge on any atom is 0.293 e. The molecule has 0 atom stereocenters. The molecule has 4 aromatic carbocycles. The van der Waals surface area contributed by atoms with E-state index in [0.29, 0.717) is 5.82 Å². The molecule has 0 aliphatic carbocycles. The lowest BCUT2D eigenvalue weighted by molar-refractivity contribution is 0.0685. The van der Waals surface area contributed by atoms with Gasteiger partial charge in [0.2, 0.25) is 15.8 Å². The first-order valence-corrected chi connectivity index (χ1v) is 14.7. The van der Waals surface area contributed by atoms with Crippen LogP contribution in [0.4, 0.5) is 0 Å². The molecule has 10 heteroatoms. The van der Waals surface area contributed by atoms with Crippen LogP contribution in [0.15, 0.2) is 106 Å². The van der Waals surface area contributed by atoms with Crippen molar-refractivity contribution in [2.24, 2.45) is 0 Å². The molecule has 1 aromatic heterocycles. The van der Waals surface area contributed by atoms with Crippen molar-refractivity contribution in [2.75, 3.05) is 26.2 Å². The van der Waals surface area contributed by atoms with E-state index in [4.69, 9.17) is 0 Å². The van der Waals surface area contributed by atoms with Gasteiger partial charge >= 0.3 is 0 Å². The summed E-state index contributed by atoms with van der Waals surface area (Å²) in [5.74, 6) is 0.298. The van der Waals surface area contributed by atoms with E-state index in [1.54, 1.807) is 21.7 Å². The third-order valence-electron chi connectivity index (χ3n) is 6.79. The summed E-state index contributed by atoms with van der Waals surface area (Å²) in [7, 11) is -3.69. The fraction of sp³-hybridized carbons (Fsp3) is 0.138. The lowest BCUT2D eigenvalue weighted by Crippen LogP contribution is -2.50. The van der Waals surface area contributed by atoms with Gasteiger partial charge in [-0.2, -0.15) is 4.31 Å². The van der Waals surface area contributed by atoms with Crippen molar-refractivity contribution in [3.8, 4) is 17.1 Å². The number of sulfonamides is 1. The number of amides is 1. The first kappa shape index (κ1) is 25.4. The SMILES string of the molecule is O=C(c1nc(-c2ccccc2)n(-c2ccc(Br)cc2)n1)N1CCN(S(=O)(=O)c2ccc3ccccc3c2)CC1. The molecule has 6 rings (SSSR count). The van der Waals surface area contributed by atoms with Crippen LogP contribution < -0.4 is 0 Å². The zero-order chi connectivity index (χ0) is 27.0. The molecule has 0 saturated carbocycles. The topological polar surface area (TPSA) is 88.4 Å². The van der Waals surface area contributed by atoms with Gasteiger partial charge in [0.05, 0.1) is 10.6 Å². The predicted octanol–water partition coefficient (Wildman–Crippen LogP) is 5.00. The molecule has 2 heterocycles. The smallest absolute Gasteiger partial charge is 0.293 e. The molecule has 196 valence electrons. The van der Waals surface area contributed by atoms with Crippen LogP contribution in [0.3, 0.4) is 0 Å². The Morgan fingerprint density at radius 2 is 1.44 bits per heavy atom. The largest absolute Gasteiger partial charge is 0.333 e. The number of hydrogen-bond acceptors (Lipinski definition) is 5. The molecule has 1 aliphatic rings. The van der Waals surface area contributed by atoms with Crippen LogP contribution >= 0.6 is 15.9 Å². The monoisotopic (exact) mass is 601 g/mol. The highest BCUT2D eigenvalue weighted by molar-refractivity contribution is 9.10. The van der Waals surface area contributed by atoms with E-state index in [1.165, 1.54) is 4.31 Å². The van der Waals surface area contributed by atoms with Gasteiger partial charge in [0.25, 0.3) is 5.91 Å². The molecule has 8 nitrogen and oxygen atoms in total. The van der Waals surface area contributed by atoms with E-state index in [0.717, 1.165) is 26.5 Å². The van der Waals surface area contributed by atoms with Crippen LogP contribution in [-0.4, -0.2) is 64.5 Å². The Morgan fingerprint density at radius 1 is 0.769 bits per heavy atom. The first-order valence-electron chi connectivity index (χ1n) is 12.5. The Morgan fingerprint density at radius 3 is 2.15 bits per heavy atom. The predicted molar refractivity (Wildman–Crippen MR) is 153 cm³/mol. The maximum atomic E-state index is 13.5. The number of carbonyl (C=O) groups excluding carboxylic acids is 1. The number of fused-ring (bicyclic) bond motifs is 1. The van der Waals surface area contributed by atoms with Crippen LogP contribution in [-0.2, 0) is 10.0 Å². The third-order valence-corrected chi connectivity index (χ3v) is 9.21. The average molecular weight is 603 g/mol. The lowest BCUT2D eigenvalue weighted by Gasteiger charge is -2.33. The Labute approximate surface area is 234 Å². The minimum Gasteiger partial charge on any atom is -0.333 e.